The second-order valence-electron chi connectivity index (χ2n) is 7.28. The third-order valence-corrected chi connectivity index (χ3v) is 4.81. The van der Waals surface area contributed by atoms with Gasteiger partial charge in [0.1, 0.15) is 11.3 Å². The number of amides is 1. The molecular weight excluding hydrogens is 366 g/mol. The van der Waals surface area contributed by atoms with Crippen molar-refractivity contribution in [2.45, 2.75) is 45.6 Å². The van der Waals surface area contributed by atoms with Crippen LogP contribution in [0.4, 0.5) is 0 Å². The molecule has 5 heteroatoms. The summed E-state index contributed by atoms with van der Waals surface area (Å²) in [6.45, 7) is 3.97. The van der Waals surface area contributed by atoms with Crippen molar-refractivity contribution in [3.63, 3.8) is 0 Å². The molecule has 0 fully saturated rings. The molecule has 1 atom stereocenters. The molecule has 152 valence electrons. The van der Waals surface area contributed by atoms with Gasteiger partial charge in [0.2, 0.25) is 0 Å². The maximum Gasteiger partial charge on any atom is 0.336 e. The predicted octanol–water partition coefficient (Wildman–Crippen LogP) is 4.26. The van der Waals surface area contributed by atoms with Crippen LogP contribution in [0.5, 0.6) is 5.75 Å². The van der Waals surface area contributed by atoms with Crippen LogP contribution in [0, 0.1) is 0 Å². The van der Waals surface area contributed by atoms with Crippen LogP contribution in [0.3, 0.4) is 0 Å². The maximum absolute atomic E-state index is 12.2. The summed E-state index contributed by atoms with van der Waals surface area (Å²) < 4.78 is 10.9. The third-order valence-electron chi connectivity index (χ3n) is 4.81. The van der Waals surface area contributed by atoms with Gasteiger partial charge in [-0.2, -0.15) is 0 Å². The van der Waals surface area contributed by atoms with Crippen LogP contribution >= 0.6 is 0 Å². The number of benzene rings is 2. The van der Waals surface area contributed by atoms with Gasteiger partial charge in [0.25, 0.3) is 5.91 Å². The molecule has 0 spiro atoms. The summed E-state index contributed by atoms with van der Waals surface area (Å²) in [5.74, 6) is 0.327. The van der Waals surface area contributed by atoms with Crippen molar-refractivity contribution in [1.82, 2.24) is 5.32 Å². The largest absolute Gasteiger partial charge is 0.484 e. The summed E-state index contributed by atoms with van der Waals surface area (Å²) in [6, 6.07) is 17.1. The van der Waals surface area contributed by atoms with Gasteiger partial charge in [0, 0.05) is 23.6 Å². The average molecular weight is 393 g/mol. The smallest absolute Gasteiger partial charge is 0.336 e. The van der Waals surface area contributed by atoms with Gasteiger partial charge in [-0.1, -0.05) is 43.7 Å². The molecule has 1 heterocycles. The minimum atomic E-state index is -0.372. The summed E-state index contributed by atoms with van der Waals surface area (Å²) in [5.41, 5.74) is 2.33. The summed E-state index contributed by atoms with van der Waals surface area (Å²) >= 11 is 0. The molecule has 1 aromatic heterocycles. The topological polar surface area (TPSA) is 68.5 Å². The van der Waals surface area contributed by atoms with E-state index in [1.54, 1.807) is 12.1 Å². The molecule has 3 rings (SSSR count). The Balaban J connectivity index is 1.54. The van der Waals surface area contributed by atoms with Gasteiger partial charge in [0.15, 0.2) is 6.61 Å². The first kappa shape index (κ1) is 20.6. The van der Waals surface area contributed by atoms with Crippen LogP contribution in [0.2, 0.25) is 0 Å². The van der Waals surface area contributed by atoms with Crippen LogP contribution in [0.1, 0.15) is 37.8 Å². The molecule has 1 amide bonds. The second kappa shape index (κ2) is 9.92. The minimum Gasteiger partial charge on any atom is -0.484 e. The number of carbonyl (C=O) groups excluding carboxylic acids is 1. The standard InChI is InChI=1S/C24H27NO4/c1-3-7-19-14-24(27)29-22-15-20(12-13-21(19)22)28-16-23(26)25-17(2)10-11-18-8-5-4-6-9-18/h4-6,8-9,12-15,17H,3,7,10-11,16H2,1-2H3,(H,25,26)/t17-/m1/s1. The molecule has 0 aliphatic heterocycles. The Hall–Kier alpha value is -3.08. The molecule has 0 saturated heterocycles. The zero-order chi connectivity index (χ0) is 20.6. The number of nitrogens with one attached hydrogen (secondary N) is 1. The Bertz CT molecular complexity index is 1010. The van der Waals surface area contributed by atoms with Crippen LogP contribution in [-0.2, 0) is 17.6 Å². The highest BCUT2D eigenvalue weighted by Crippen LogP contribution is 2.23. The summed E-state index contributed by atoms with van der Waals surface area (Å²) in [5, 5.41) is 3.86. The van der Waals surface area contributed by atoms with Crippen molar-refractivity contribution in [2.75, 3.05) is 6.61 Å². The highest BCUT2D eigenvalue weighted by molar-refractivity contribution is 5.82. The fourth-order valence-electron chi connectivity index (χ4n) is 3.34. The summed E-state index contributed by atoms with van der Waals surface area (Å²) in [4.78, 5) is 24.0. The van der Waals surface area contributed by atoms with E-state index in [9.17, 15) is 9.59 Å². The van der Waals surface area contributed by atoms with E-state index in [2.05, 4.69) is 24.4 Å². The fraction of sp³-hybridized carbons (Fsp3) is 0.333. The molecule has 2 aromatic carbocycles. The lowest BCUT2D eigenvalue weighted by atomic mass is 10.1. The Morgan fingerprint density at radius 1 is 1.10 bits per heavy atom. The molecule has 0 bridgehead atoms. The van der Waals surface area contributed by atoms with Crippen LogP contribution < -0.4 is 15.7 Å². The van der Waals surface area contributed by atoms with Gasteiger partial charge in [-0.3, -0.25) is 4.79 Å². The predicted molar refractivity (Wildman–Crippen MR) is 114 cm³/mol. The Kier molecular flexibility index (Phi) is 7.06. The molecule has 0 aliphatic rings. The van der Waals surface area contributed by atoms with Gasteiger partial charge >= 0.3 is 5.63 Å². The molecule has 1 N–H and O–H groups in total. The summed E-state index contributed by atoms with van der Waals surface area (Å²) in [6.07, 6.45) is 3.52. The van der Waals surface area contributed by atoms with Crippen molar-refractivity contribution in [3.8, 4) is 5.75 Å². The van der Waals surface area contributed by atoms with E-state index in [4.69, 9.17) is 9.15 Å². The molecule has 3 aromatic rings. The number of hydrogen-bond acceptors (Lipinski definition) is 4. The molecule has 0 saturated carbocycles. The van der Waals surface area contributed by atoms with Crippen molar-refractivity contribution >= 4 is 16.9 Å². The quantitative estimate of drug-likeness (QED) is 0.552. The third kappa shape index (κ3) is 5.95. The Morgan fingerprint density at radius 3 is 2.66 bits per heavy atom. The number of ether oxygens (including phenoxy) is 1. The van der Waals surface area contributed by atoms with Gasteiger partial charge < -0.3 is 14.5 Å². The molecular formula is C24H27NO4. The zero-order valence-corrected chi connectivity index (χ0v) is 16.9. The van der Waals surface area contributed by atoms with Gasteiger partial charge in [-0.15, -0.1) is 0 Å². The Morgan fingerprint density at radius 2 is 1.90 bits per heavy atom. The van der Waals surface area contributed by atoms with Crippen molar-refractivity contribution in [2.24, 2.45) is 0 Å². The highest BCUT2D eigenvalue weighted by atomic mass is 16.5. The minimum absolute atomic E-state index is 0.0533. The number of hydrogen-bond donors (Lipinski definition) is 1. The number of aryl methyl sites for hydroxylation is 2. The molecule has 0 aliphatic carbocycles. The van der Waals surface area contributed by atoms with Crippen molar-refractivity contribution in [3.05, 3.63) is 76.1 Å². The van der Waals surface area contributed by atoms with E-state index in [0.29, 0.717) is 11.3 Å². The van der Waals surface area contributed by atoms with Gasteiger partial charge in [-0.05, 0) is 49.4 Å². The van der Waals surface area contributed by atoms with Crippen LogP contribution in [0.15, 0.2) is 63.8 Å². The van der Waals surface area contributed by atoms with E-state index in [1.165, 1.54) is 11.6 Å². The lowest BCUT2D eigenvalue weighted by molar-refractivity contribution is -0.123. The number of fused-ring (bicyclic) bond motifs is 1. The zero-order valence-electron chi connectivity index (χ0n) is 16.9. The first-order valence-corrected chi connectivity index (χ1v) is 10.1. The normalized spacial score (nSPS) is 11.9. The van der Waals surface area contributed by atoms with Crippen LogP contribution in [0.25, 0.3) is 11.0 Å². The SMILES string of the molecule is CCCc1cc(=O)oc2cc(OCC(=O)N[C@H](C)CCc3ccccc3)ccc12. The highest BCUT2D eigenvalue weighted by Gasteiger charge is 2.10. The lowest BCUT2D eigenvalue weighted by Crippen LogP contribution is -2.36. The van der Waals surface area contributed by atoms with Crippen molar-refractivity contribution < 1.29 is 13.9 Å². The fourth-order valence-corrected chi connectivity index (χ4v) is 3.34. The first-order valence-electron chi connectivity index (χ1n) is 10.1. The Labute approximate surface area is 170 Å². The number of carbonyl (C=O) groups is 1. The first-order chi connectivity index (χ1) is 14.0. The van der Waals surface area contributed by atoms with E-state index >= 15 is 0 Å². The van der Waals surface area contributed by atoms with Gasteiger partial charge in [-0.25, -0.2) is 4.79 Å². The monoisotopic (exact) mass is 393 g/mol. The molecule has 0 unspecified atom stereocenters. The van der Waals surface area contributed by atoms with E-state index in [-0.39, 0.29) is 24.2 Å². The molecule has 5 nitrogen and oxygen atoms in total. The second-order valence-corrected chi connectivity index (χ2v) is 7.28. The molecule has 29 heavy (non-hydrogen) atoms. The summed E-state index contributed by atoms with van der Waals surface area (Å²) in [7, 11) is 0. The lowest BCUT2D eigenvalue weighted by Gasteiger charge is -2.14. The average Bonchev–Trinajstić information content (AvgIpc) is 2.71. The maximum atomic E-state index is 12.2. The van der Waals surface area contributed by atoms with E-state index in [0.717, 1.165) is 36.6 Å². The molecule has 0 radical (unpaired) electrons. The van der Waals surface area contributed by atoms with Crippen LogP contribution in [-0.4, -0.2) is 18.6 Å². The van der Waals surface area contributed by atoms with E-state index < -0.39 is 0 Å². The van der Waals surface area contributed by atoms with Gasteiger partial charge in [0.05, 0.1) is 0 Å². The van der Waals surface area contributed by atoms with Crippen molar-refractivity contribution in [1.29, 1.82) is 0 Å². The van der Waals surface area contributed by atoms with E-state index in [1.807, 2.05) is 31.2 Å². The number of rotatable bonds is 9.